The molecule has 0 aliphatic rings. The standard InChI is InChI=1S/2C2H6.2Al/c2*1-2;;/h2*1-2H3;;. The van der Waals surface area contributed by atoms with Gasteiger partial charge in [-0.05, 0) is 0 Å². The normalized spacial score (nSPS) is 2.00. The Morgan fingerprint density at radius 2 is 0.500 bits per heavy atom. The lowest BCUT2D eigenvalue weighted by molar-refractivity contribution is 1.50. The highest BCUT2D eigenvalue weighted by molar-refractivity contribution is 5.76. The molecule has 0 N–H and O–H groups in total. The fraction of sp³-hybridized carbons (Fsp3) is 1.00. The molecule has 6 radical (unpaired) electrons. The molecular weight excluding hydrogens is 102 g/mol. The van der Waals surface area contributed by atoms with E-state index in [1.54, 1.807) is 0 Å². The number of hydrogen-bond donors (Lipinski definition) is 0. The Kier molecular flexibility index (Phi) is 633. The van der Waals surface area contributed by atoms with Gasteiger partial charge in [-0.2, -0.15) is 0 Å². The van der Waals surface area contributed by atoms with Crippen molar-refractivity contribution in [2.45, 2.75) is 27.7 Å². The van der Waals surface area contributed by atoms with Crippen LogP contribution in [-0.2, 0) is 0 Å². The summed E-state index contributed by atoms with van der Waals surface area (Å²) in [6.07, 6.45) is 0. The zero-order chi connectivity index (χ0) is 4.00. The van der Waals surface area contributed by atoms with Gasteiger partial charge in [0.05, 0.1) is 0 Å². The second kappa shape index (κ2) is 137. The van der Waals surface area contributed by atoms with Gasteiger partial charge in [0.15, 0.2) is 0 Å². The van der Waals surface area contributed by atoms with Gasteiger partial charge in [0, 0.05) is 34.7 Å². The second-order valence-corrected chi connectivity index (χ2v) is 0. The summed E-state index contributed by atoms with van der Waals surface area (Å²) in [5.74, 6) is 0. The van der Waals surface area contributed by atoms with Crippen LogP contribution in [0.1, 0.15) is 27.7 Å². The largest absolute Gasteiger partial charge is 0.0683 e. The van der Waals surface area contributed by atoms with Crippen molar-refractivity contribution in [1.82, 2.24) is 0 Å². The zero-order valence-corrected chi connectivity index (χ0v) is 7.46. The minimum Gasteiger partial charge on any atom is -0.0683 e. The molecule has 0 aromatic rings. The van der Waals surface area contributed by atoms with Gasteiger partial charge in [-0.15, -0.1) is 0 Å². The van der Waals surface area contributed by atoms with Crippen LogP contribution in [0.5, 0.6) is 0 Å². The number of hydrogen-bond acceptors (Lipinski definition) is 0. The molecule has 0 spiro atoms. The van der Waals surface area contributed by atoms with Crippen LogP contribution in [0.4, 0.5) is 0 Å². The fourth-order valence-corrected chi connectivity index (χ4v) is 0. The lowest BCUT2D eigenvalue weighted by Gasteiger charge is -1.07. The first-order valence-electron chi connectivity index (χ1n) is 2.00. The summed E-state index contributed by atoms with van der Waals surface area (Å²) < 4.78 is 0. The third-order valence-electron chi connectivity index (χ3n) is 0. The van der Waals surface area contributed by atoms with Gasteiger partial charge >= 0.3 is 0 Å². The summed E-state index contributed by atoms with van der Waals surface area (Å²) in [4.78, 5) is 0. The predicted molar refractivity (Wildman–Crippen MR) is 34.2 cm³/mol. The Morgan fingerprint density at radius 1 is 0.500 bits per heavy atom. The summed E-state index contributed by atoms with van der Waals surface area (Å²) >= 11 is 0. The molecule has 0 saturated heterocycles. The van der Waals surface area contributed by atoms with Gasteiger partial charge in [0.1, 0.15) is 0 Å². The van der Waals surface area contributed by atoms with E-state index >= 15 is 0 Å². The van der Waals surface area contributed by atoms with Gasteiger partial charge in [0.25, 0.3) is 0 Å². The summed E-state index contributed by atoms with van der Waals surface area (Å²) in [7, 11) is 0. The van der Waals surface area contributed by atoms with Crippen LogP contribution in [0.15, 0.2) is 0 Å². The first-order chi connectivity index (χ1) is 2.00. The zero-order valence-electron chi connectivity index (χ0n) is 5.15. The average molecular weight is 114 g/mol. The molecule has 0 aromatic heterocycles. The van der Waals surface area contributed by atoms with Crippen LogP contribution < -0.4 is 0 Å². The Balaban J connectivity index is -0.00000000500. The quantitative estimate of drug-likeness (QED) is 0.416. The van der Waals surface area contributed by atoms with E-state index in [-0.39, 0.29) is 34.7 Å². The van der Waals surface area contributed by atoms with E-state index in [0.29, 0.717) is 0 Å². The molecular formula is C4H12Al2. The first kappa shape index (κ1) is 27.7. The highest BCUT2D eigenvalue weighted by Crippen LogP contribution is 1.15. The van der Waals surface area contributed by atoms with Crippen molar-refractivity contribution >= 4 is 34.7 Å². The molecule has 0 bridgehead atoms. The second-order valence-electron chi connectivity index (χ2n) is 0. The maximum Gasteiger partial charge on any atom is 0 e. The Morgan fingerprint density at radius 3 is 0.500 bits per heavy atom. The maximum absolute atomic E-state index is 2.00. The number of rotatable bonds is 0. The molecule has 34 valence electrons. The van der Waals surface area contributed by atoms with Crippen LogP contribution in [0.2, 0.25) is 0 Å². The van der Waals surface area contributed by atoms with Gasteiger partial charge in [-0.25, -0.2) is 0 Å². The van der Waals surface area contributed by atoms with Gasteiger partial charge in [-0.1, -0.05) is 27.7 Å². The topological polar surface area (TPSA) is 0 Å². The van der Waals surface area contributed by atoms with Crippen molar-refractivity contribution < 1.29 is 0 Å². The van der Waals surface area contributed by atoms with Crippen LogP contribution in [0.25, 0.3) is 0 Å². The first-order valence-corrected chi connectivity index (χ1v) is 2.00. The van der Waals surface area contributed by atoms with Gasteiger partial charge in [-0.3, -0.25) is 0 Å². The molecule has 0 amide bonds. The maximum atomic E-state index is 2.00. The molecule has 0 nitrogen and oxygen atoms in total. The molecule has 0 aromatic carbocycles. The molecule has 0 atom stereocenters. The molecule has 0 aliphatic heterocycles. The van der Waals surface area contributed by atoms with E-state index in [0.717, 1.165) is 0 Å². The van der Waals surface area contributed by atoms with E-state index in [1.807, 2.05) is 27.7 Å². The molecule has 0 aliphatic carbocycles. The Labute approximate surface area is 62.6 Å². The van der Waals surface area contributed by atoms with Crippen molar-refractivity contribution in [3.05, 3.63) is 0 Å². The van der Waals surface area contributed by atoms with Crippen molar-refractivity contribution in [2.24, 2.45) is 0 Å². The van der Waals surface area contributed by atoms with E-state index in [1.165, 1.54) is 0 Å². The Hall–Kier alpha value is 1.06. The van der Waals surface area contributed by atoms with E-state index in [2.05, 4.69) is 0 Å². The monoisotopic (exact) mass is 114 g/mol. The fourth-order valence-electron chi connectivity index (χ4n) is 0. The molecule has 0 heterocycles. The van der Waals surface area contributed by atoms with Crippen LogP contribution >= 0.6 is 0 Å². The van der Waals surface area contributed by atoms with Crippen molar-refractivity contribution in [3.8, 4) is 0 Å². The van der Waals surface area contributed by atoms with E-state index < -0.39 is 0 Å². The summed E-state index contributed by atoms with van der Waals surface area (Å²) in [5, 5.41) is 0. The van der Waals surface area contributed by atoms with E-state index in [9.17, 15) is 0 Å². The Bertz CT molecular complexity index is 5.51. The lowest BCUT2D eigenvalue weighted by Crippen LogP contribution is -0.856. The van der Waals surface area contributed by atoms with Gasteiger partial charge < -0.3 is 0 Å². The summed E-state index contributed by atoms with van der Waals surface area (Å²) in [6, 6.07) is 0. The van der Waals surface area contributed by atoms with Crippen LogP contribution in [0.3, 0.4) is 0 Å². The molecule has 2 heteroatoms. The van der Waals surface area contributed by atoms with Gasteiger partial charge in [0.2, 0.25) is 0 Å². The van der Waals surface area contributed by atoms with Crippen LogP contribution in [0, 0.1) is 0 Å². The third kappa shape index (κ3) is 73.8. The summed E-state index contributed by atoms with van der Waals surface area (Å²) in [6.45, 7) is 8.00. The SMILES string of the molecule is CC.CC.[Al].[Al]. The molecule has 0 fully saturated rings. The highest BCUT2D eigenvalue weighted by atomic mass is 27.0. The summed E-state index contributed by atoms with van der Waals surface area (Å²) in [5.41, 5.74) is 0. The molecule has 0 unspecified atom stereocenters. The highest BCUT2D eigenvalue weighted by Gasteiger charge is 0.934. The third-order valence-corrected chi connectivity index (χ3v) is 0. The molecule has 0 saturated carbocycles. The van der Waals surface area contributed by atoms with E-state index in [4.69, 9.17) is 0 Å². The molecule has 6 heavy (non-hydrogen) atoms. The van der Waals surface area contributed by atoms with Crippen LogP contribution in [-0.4, -0.2) is 34.7 Å². The smallest absolute Gasteiger partial charge is 0 e. The molecule has 0 rings (SSSR count). The van der Waals surface area contributed by atoms with Crippen molar-refractivity contribution in [1.29, 1.82) is 0 Å². The van der Waals surface area contributed by atoms with Crippen molar-refractivity contribution in [3.63, 3.8) is 0 Å². The minimum absolute atomic E-state index is 0. The van der Waals surface area contributed by atoms with Crippen molar-refractivity contribution in [2.75, 3.05) is 0 Å². The predicted octanol–water partition coefficient (Wildman–Crippen LogP) is 1.29. The lowest BCUT2D eigenvalue weighted by atomic mass is 11.0. The average Bonchev–Trinajstić information content (AvgIpc) is 1.50. The minimum atomic E-state index is 0.